The minimum absolute atomic E-state index is 0.465. The van der Waals surface area contributed by atoms with E-state index in [2.05, 4.69) is 40.2 Å². The molecule has 3 heteroatoms. The minimum atomic E-state index is 0.465. The van der Waals surface area contributed by atoms with Crippen molar-refractivity contribution in [3.63, 3.8) is 0 Å². The second-order valence-electron chi connectivity index (χ2n) is 3.75. The Kier molecular flexibility index (Phi) is 4.54. The fraction of sp³-hybridized carbons (Fsp3) is 0.500. The Labute approximate surface area is 104 Å². The molecule has 82 valence electrons. The summed E-state index contributed by atoms with van der Waals surface area (Å²) >= 11 is 5.33. The Balaban J connectivity index is 1.79. The van der Waals surface area contributed by atoms with Gasteiger partial charge in [0.25, 0.3) is 0 Å². The van der Waals surface area contributed by atoms with E-state index in [-0.39, 0.29) is 0 Å². The minimum Gasteiger partial charge on any atom is -0.377 e. The number of halogens is 1. The summed E-state index contributed by atoms with van der Waals surface area (Å²) in [6, 6.07) is 8.48. The van der Waals surface area contributed by atoms with Gasteiger partial charge in [-0.2, -0.15) is 0 Å². The SMILES string of the molecule is Brc1ccc(SCC2CCCCO2)cc1. The van der Waals surface area contributed by atoms with Gasteiger partial charge in [-0.05, 0) is 43.5 Å². The third-order valence-corrected chi connectivity index (χ3v) is 4.20. The highest BCUT2D eigenvalue weighted by atomic mass is 79.9. The lowest BCUT2D eigenvalue weighted by Gasteiger charge is -2.22. The van der Waals surface area contributed by atoms with E-state index in [0.717, 1.165) is 16.8 Å². The maximum atomic E-state index is 5.69. The summed E-state index contributed by atoms with van der Waals surface area (Å²) in [4.78, 5) is 1.33. The van der Waals surface area contributed by atoms with Crippen molar-refractivity contribution in [3.05, 3.63) is 28.7 Å². The number of hydrogen-bond donors (Lipinski definition) is 0. The number of hydrogen-bond acceptors (Lipinski definition) is 2. The molecule has 0 radical (unpaired) electrons. The van der Waals surface area contributed by atoms with Gasteiger partial charge in [0.15, 0.2) is 0 Å². The average molecular weight is 287 g/mol. The normalized spacial score (nSPS) is 21.5. The van der Waals surface area contributed by atoms with Crippen molar-refractivity contribution in [1.82, 2.24) is 0 Å². The van der Waals surface area contributed by atoms with Crippen LogP contribution in [0.1, 0.15) is 19.3 Å². The van der Waals surface area contributed by atoms with Gasteiger partial charge in [0, 0.05) is 21.7 Å². The second kappa shape index (κ2) is 5.92. The summed E-state index contributed by atoms with van der Waals surface area (Å²) in [6.45, 7) is 0.950. The van der Waals surface area contributed by atoms with E-state index >= 15 is 0 Å². The fourth-order valence-electron chi connectivity index (χ4n) is 1.66. The third-order valence-electron chi connectivity index (χ3n) is 2.52. The molecule has 0 bridgehead atoms. The molecule has 2 rings (SSSR count). The van der Waals surface area contributed by atoms with Crippen molar-refractivity contribution < 1.29 is 4.74 Å². The van der Waals surface area contributed by atoms with Gasteiger partial charge >= 0.3 is 0 Å². The molecule has 1 fully saturated rings. The average Bonchev–Trinajstić information content (AvgIpc) is 2.30. The number of benzene rings is 1. The van der Waals surface area contributed by atoms with Crippen LogP contribution in [-0.4, -0.2) is 18.5 Å². The first-order chi connectivity index (χ1) is 7.34. The molecule has 0 amide bonds. The molecule has 0 aromatic heterocycles. The summed E-state index contributed by atoms with van der Waals surface area (Å²) in [5, 5.41) is 0. The Bertz CT molecular complexity index is 293. The monoisotopic (exact) mass is 286 g/mol. The standard InChI is InChI=1S/C12H15BrOS/c13-10-4-6-12(7-5-10)15-9-11-3-1-2-8-14-11/h4-7,11H,1-3,8-9H2. The quantitative estimate of drug-likeness (QED) is 0.774. The molecule has 1 saturated heterocycles. The van der Waals surface area contributed by atoms with Crippen LogP contribution < -0.4 is 0 Å². The van der Waals surface area contributed by atoms with E-state index in [9.17, 15) is 0 Å². The fourth-order valence-corrected chi connectivity index (χ4v) is 2.89. The lowest BCUT2D eigenvalue weighted by Crippen LogP contribution is -2.21. The van der Waals surface area contributed by atoms with Crippen LogP contribution in [0, 0.1) is 0 Å². The smallest absolute Gasteiger partial charge is 0.0669 e. The van der Waals surface area contributed by atoms with Gasteiger partial charge in [-0.15, -0.1) is 11.8 Å². The van der Waals surface area contributed by atoms with Crippen molar-refractivity contribution in [3.8, 4) is 0 Å². The number of ether oxygens (including phenoxy) is 1. The van der Waals surface area contributed by atoms with Crippen molar-refractivity contribution in [2.75, 3.05) is 12.4 Å². The maximum absolute atomic E-state index is 5.69. The largest absolute Gasteiger partial charge is 0.377 e. The second-order valence-corrected chi connectivity index (χ2v) is 5.76. The molecule has 1 aliphatic heterocycles. The molecular weight excluding hydrogens is 272 g/mol. The van der Waals surface area contributed by atoms with E-state index in [0.29, 0.717) is 6.10 Å². The molecule has 1 nitrogen and oxygen atoms in total. The zero-order valence-electron chi connectivity index (χ0n) is 8.62. The lowest BCUT2D eigenvalue weighted by molar-refractivity contribution is 0.0315. The van der Waals surface area contributed by atoms with E-state index in [1.54, 1.807) is 0 Å². The topological polar surface area (TPSA) is 9.23 Å². The molecule has 0 aliphatic carbocycles. The molecule has 0 saturated carbocycles. The molecule has 1 atom stereocenters. The molecule has 0 spiro atoms. The first-order valence-corrected chi connectivity index (χ1v) is 7.12. The van der Waals surface area contributed by atoms with Gasteiger partial charge in [0.2, 0.25) is 0 Å². The van der Waals surface area contributed by atoms with Crippen LogP contribution in [0.4, 0.5) is 0 Å². The Morgan fingerprint density at radius 2 is 2.07 bits per heavy atom. The molecular formula is C12H15BrOS. The molecule has 1 aromatic carbocycles. The zero-order chi connectivity index (χ0) is 10.5. The summed E-state index contributed by atoms with van der Waals surface area (Å²) in [5.41, 5.74) is 0. The van der Waals surface area contributed by atoms with Crippen LogP contribution in [0.25, 0.3) is 0 Å². The highest BCUT2D eigenvalue weighted by Crippen LogP contribution is 2.24. The molecule has 1 unspecified atom stereocenters. The third kappa shape index (κ3) is 3.82. The van der Waals surface area contributed by atoms with Crippen molar-refractivity contribution in [1.29, 1.82) is 0 Å². The highest BCUT2D eigenvalue weighted by molar-refractivity contribution is 9.10. The Hall–Kier alpha value is 0.01000. The summed E-state index contributed by atoms with van der Waals surface area (Å²) in [5.74, 6) is 1.08. The van der Waals surface area contributed by atoms with Crippen LogP contribution >= 0.6 is 27.7 Å². The van der Waals surface area contributed by atoms with Gasteiger partial charge in [0.1, 0.15) is 0 Å². The van der Waals surface area contributed by atoms with E-state index in [4.69, 9.17) is 4.74 Å². The summed E-state index contributed by atoms with van der Waals surface area (Å²) < 4.78 is 6.83. The van der Waals surface area contributed by atoms with Crippen molar-refractivity contribution in [2.45, 2.75) is 30.3 Å². The molecule has 1 aliphatic rings. The summed E-state index contributed by atoms with van der Waals surface area (Å²) in [7, 11) is 0. The Morgan fingerprint density at radius 1 is 1.27 bits per heavy atom. The maximum Gasteiger partial charge on any atom is 0.0669 e. The van der Waals surface area contributed by atoms with Gasteiger partial charge in [-0.25, -0.2) is 0 Å². The molecule has 15 heavy (non-hydrogen) atoms. The van der Waals surface area contributed by atoms with Gasteiger partial charge < -0.3 is 4.74 Å². The molecule has 0 N–H and O–H groups in total. The first-order valence-electron chi connectivity index (χ1n) is 5.34. The van der Waals surface area contributed by atoms with E-state index in [1.165, 1.54) is 24.2 Å². The van der Waals surface area contributed by atoms with Crippen LogP contribution in [-0.2, 0) is 4.74 Å². The van der Waals surface area contributed by atoms with Gasteiger partial charge in [-0.3, -0.25) is 0 Å². The van der Waals surface area contributed by atoms with Crippen LogP contribution in [0.5, 0.6) is 0 Å². The Morgan fingerprint density at radius 3 is 2.73 bits per heavy atom. The van der Waals surface area contributed by atoms with Crippen LogP contribution in [0.3, 0.4) is 0 Å². The highest BCUT2D eigenvalue weighted by Gasteiger charge is 2.13. The summed E-state index contributed by atoms with van der Waals surface area (Å²) in [6.07, 6.45) is 4.25. The molecule has 1 heterocycles. The molecule has 1 aromatic rings. The predicted molar refractivity (Wildman–Crippen MR) is 68.5 cm³/mol. The zero-order valence-corrected chi connectivity index (χ0v) is 11.0. The first kappa shape index (κ1) is 11.5. The van der Waals surface area contributed by atoms with Gasteiger partial charge in [0.05, 0.1) is 6.10 Å². The van der Waals surface area contributed by atoms with Crippen molar-refractivity contribution in [2.24, 2.45) is 0 Å². The lowest BCUT2D eigenvalue weighted by atomic mass is 10.1. The predicted octanol–water partition coefficient (Wildman–Crippen LogP) is 4.11. The van der Waals surface area contributed by atoms with E-state index < -0.39 is 0 Å². The van der Waals surface area contributed by atoms with Crippen molar-refractivity contribution >= 4 is 27.7 Å². The van der Waals surface area contributed by atoms with Gasteiger partial charge in [-0.1, -0.05) is 15.9 Å². The number of thioether (sulfide) groups is 1. The van der Waals surface area contributed by atoms with Crippen LogP contribution in [0.2, 0.25) is 0 Å². The van der Waals surface area contributed by atoms with Crippen LogP contribution in [0.15, 0.2) is 33.6 Å². The van der Waals surface area contributed by atoms with E-state index in [1.807, 2.05) is 11.8 Å². The number of rotatable bonds is 3.